The normalized spacial score (nSPS) is 15.4. The van der Waals surface area contributed by atoms with Gasteiger partial charge in [0.15, 0.2) is 5.78 Å². The molecule has 1 heterocycles. The molecule has 1 aromatic rings. The van der Waals surface area contributed by atoms with Crippen molar-refractivity contribution in [1.82, 2.24) is 9.80 Å². The molecule has 1 aromatic carbocycles. The molecule has 0 aromatic heterocycles. The molecule has 0 N–H and O–H groups in total. The van der Waals surface area contributed by atoms with Gasteiger partial charge in [0, 0.05) is 38.0 Å². The largest absolute Gasteiger partial charge is 0.343 e. The lowest BCUT2D eigenvalue weighted by molar-refractivity contribution is -0.132. The summed E-state index contributed by atoms with van der Waals surface area (Å²) in [4.78, 5) is 29.2. The molecule has 2 rings (SSSR count). The van der Waals surface area contributed by atoms with Crippen LogP contribution in [0.5, 0.6) is 0 Å². The molecule has 0 unspecified atom stereocenters. The lowest BCUT2D eigenvalue weighted by Crippen LogP contribution is -2.41. The molecule has 27 heavy (non-hydrogen) atoms. The molecule has 0 atom stereocenters. The fraction of sp³-hybridized carbons (Fsp3) is 0.652. The summed E-state index contributed by atoms with van der Waals surface area (Å²) >= 11 is 0. The van der Waals surface area contributed by atoms with Crippen LogP contribution >= 0.6 is 0 Å². The number of Topliss-reactive ketones (excluding diaryl/α,β-unsaturated/α-hetero) is 1. The molecule has 0 spiro atoms. The zero-order valence-electron chi connectivity index (χ0n) is 17.6. The summed E-state index contributed by atoms with van der Waals surface area (Å²) in [6, 6.07) is 5.78. The number of piperidine rings is 1. The molecule has 0 bridgehead atoms. The number of aryl methyl sites for hydroxylation is 2. The minimum atomic E-state index is 0.0684. The smallest absolute Gasteiger partial charge is 0.223 e. The van der Waals surface area contributed by atoms with E-state index in [4.69, 9.17) is 0 Å². The maximum atomic E-state index is 12.5. The Balaban J connectivity index is 1.72. The Labute approximate surface area is 164 Å². The summed E-state index contributed by atoms with van der Waals surface area (Å²) in [5, 5.41) is 0. The molecule has 150 valence electrons. The van der Waals surface area contributed by atoms with Gasteiger partial charge in [-0.1, -0.05) is 25.5 Å². The highest BCUT2D eigenvalue weighted by Crippen LogP contribution is 2.20. The van der Waals surface area contributed by atoms with E-state index in [9.17, 15) is 9.59 Å². The summed E-state index contributed by atoms with van der Waals surface area (Å²) in [5.74, 6) is 0.886. The van der Waals surface area contributed by atoms with Crippen LogP contribution in [0, 0.1) is 19.8 Å². The number of rotatable bonds is 9. The number of carbonyl (C=O) groups is 2. The van der Waals surface area contributed by atoms with Gasteiger partial charge >= 0.3 is 0 Å². The van der Waals surface area contributed by atoms with Gasteiger partial charge in [0.2, 0.25) is 5.91 Å². The zero-order chi connectivity index (χ0) is 19.8. The maximum absolute atomic E-state index is 12.5. The number of amides is 1. The van der Waals surface area contributed by atoms with Crippen molar-refractivity contribution in [2.45, 2.75) is 59.3 Å². The van der Waals surface area contributed by atoms with Gasteiger partial charge in [0.25, 0.3) is 0 Å². The van der Waals surface area contributed by atoms with Crippen LogP contribution < -0.4 is 0 Å². The fourth-order valence-electron chi connectivity index (χ4n) is 3.76. The topological polar surface area (TPSA) is 40.6 Å². The van der Waals surface area contributed by atoms with Crippen molar-refractivity contribution in [1.29, 1.82) is 0 Å². The summed E-state index contributed by atoms with van der Waals surface area (Å²) in [6.45, 7) is 10.2. The van der Waals surface area contributed by atoms with E-state index < -0.39 is 0 Å². The quantitative estimate of drug-likeness (QED) is 0.609. The molecule has 0 aliphatic carbocycles. The number of nitrogens with zero attached hydrogens (tertiary/aromatic N) is 2. The van der Waals surface area contributed by atoms with Crippen molar-refractivity contribution in [2.75, 3.05) is 33.2 Å². The highest BCUT2D eigenvalue weighted by Gasteiger charge is 2.24. The third kappa shape index (κ3) is 6.76. The first-order chi connectivity index (χ1) is 12.9. The second kappa shape index (κ2) is 10.6. The summed E-state index contributed by atoms with van der Waals surface area (Å²) < 4.78 is 0. The van der Waals surface area contributed by atoms with Crippen molar-refractivity contribution in [3.63, 3.8) is 0 Å². The molecule has 1 saturated heterocycles. The van der Waals surface area contributed by atoms with Crippen LogP contribution in [0.1, 0.15) is 66.9 Å². The van der Waals surface area contributed by atoms with Crippen molar-refractivity contribution in [3.05, 3.63) is 34.9 Å². The van der Waals surface area contributed by atoms with Gasteiger partial charge in [-0.3, -0.25) is 9.59 Å². The molecule has 4 heteroatoms. The lowest BCUT2D eigenvalue weighted by atomic mass is 9.95. The Hall–Kier alpha value is -1.68. The van der Waals surface area contributed by atoms with Crippen LogP contribution in [0.3, 0.4) is 0 Å². The van der Waals surface area contributed by atoms with Crippen LogP contribution in [0.4, 0.5) is 0 Å². The van der Waals surface area contributed by atoms with E-state index in [0.717, 1.165) is 50.1 Å². The van der Waals surface area contributed by atoms with Gasteiger partial charge in [-0.2, -0.15) is 0 Å². The van der Waals surface area contributed by atoms with E-state index in [1.54, 1.807) is 0 Å². The third-order valence-corrected chi connectivity index (χ3v) is 5.83. The molecule has 1 fully saturated rings. The minimum absolute atomic E-state index is 0.0684. The maximum Gasteiger partial charge on any atom is 0.223 e. The monoisotopic (exact) mass is 372 g/mol. The second-order valence-corrected chi connectivity index (χ2v) is 8.16. The van der Waals surface area contributed by atoms with Crippen molar-refractivity contribution in [3.8, 4) is 0 Å². The second-order valence-electron chi connectivity index (χ2n) is 8.16. The Morgan fingerprint density at radius 3 is 2.44 bits per heavy atom. The van der Waals surface area contributed by atoms with E-state index in [-0.39, 0.29) is 11.7 Å². The number of unbranched alkanes of at least 4 members (excludes halogenated alkanes) is 1. The molecule has 4 nitrogen and oxygen atoms in total. The van der Waals surface area contributed by atoms with Crippen LogP contribution in [-0.4, -0.2) is 54.7 Å². The molecule has 1 amide bonds. The molecule has 1 aliphatic heterocycles. The molecular formula is C23H36N2O2. The third-order valence-electron chi connectivity index (χ3n) is 5.83. The van der Waals surface area contributed by atoms with Crippen LogP contribution in [0.2, 0.25) is 0 Å². The number of benzene rings is 1. The first kappa shape index (κ1) is 21.6. The van der Waals surface area contributed by atoms with Gasteiger partial charge in [0.05, 0.1) is 0 Å². The Morgan fingerprint density at radius 2 is 1.81 bits per heavy atom. The molecular weight excluding hydrogens is 336 g/mol. The Bertz CT molecular complexity index is 633. The number of ketones is 1. The van der Waals surface area contributed by atoms with Gasteiger partial charge < -0.3 is 9.80 Å². The average molecular weight is 373 g/mol. The van der Waals surface area contributed by atoms with Gasteiger partial charge in [-0.15, -0.1) is 0 Å². The summed E-state index contributed by atoms with van der Waals surface area (Å²) in [7, 11) is 2.20. The van der Waals surface area contributed by atoms with Crippen LogP contribution in [0.25, 0.3) is 0 Å². The van der Waals surface area contributed by atoms with Gasteiger partial charge in [0.1, 0.15) is 0 Å². The zero-order valence-corrected chi connectivity index (χ0v) is 17.6. The van der Waals surface area contributed by atoms with E-state index in [2.05, 4.69) is 18.9 Å². The Kier molecular flexibility index (Phi) is 8.49. The van der Waals surface area contributed by atoms with Crippen LogP contribution in [-0.2, 0) is 4.79 Å². The average Bonchev–Trinajstić information content (AvgIpc) is 2.66. The first-order valence-corrected chi connectivity index (χ1v) is 10.5. The minimum Gasteiger partial charge on any atom is -0.343 e. The number of hydrogen-bond donors (Lipinski definition) is 0. The summed E-state index contributed by atoms with van der Waals surface area (Å²) in [6.07, 6.45) is 5.27. The number of hydrogen-bond acceptors (Lipinski definition) is 3. The molecule has 0 saturated carbocycles. The number of carbonyl (C=O) groups excluding carboxylic acids is 2. The fourth-order valence-corrected chi connectivity index (χ4v) is 3.76. The van der Waals surface area contributed by atoms with Crippen molar-refractivity contribution in [2.24, 2.45) is 5.92 Å². The lowest BCUT2D eigenvalue weighted by Gasteiger charge is -2.34. The first-order valence-electron chi connectivity index (χ1n) is 10.5. The van der Waals surface area contributed by atoms with Crippen LogP contribution in [0.15, 0.2) is 18.2 Å². The molecule has 1 aliphatic rings. The van der Waals surface area contributed by atoms with Gasteiger partial charge in [-0.05, 0) is 69.8 Å². The van der Waals surface area contributed by atoms with E-state index >= 15 is 0 Å². The van der Waals surface area contributed by atoms with Crippen molar-refractivity contribution >= 4 is 11.7 Å². The highest BCUT2D eigenvalue weighted by atomic mass is 16.2. The predicted octanol–water partition coefficient (Wildman–Crippen LogP) is 4.24. The SMILES string of the molecule is CCCCN(C)CC1CCN(C(=O)CCC(=O)c2ccc(C)c(C)c2)CC1. The van der Waals surface area contributed by atoms with E-state index in [0.29, 0.717) is 18.8 Å². The van der Waals surface area contributed by atoms with Gasteiger partial charge in [-0.25, -0.2) is 0 Å². The number of likely N-dealkylation sites (tertiary alicyclic amines) is 1. The van der Waals surface area contributed by atoms with E-state index in [1.807, 2.05) is 36.9 Å². The predicted molar refractivity (Wildman–Crippen MR) is 111 cm³/mol. The summed E-state index contributed by atoms with van der Waals surface area (Å²) in [5.41, 5.74) is 3.03. The standard InChI is InChI=1S/C23H36N2O2/c1-5-6-13-24(4)17-20-11-14-25(15-12-20)23(27)10-9-22(26)21-8-7-18(2)19(3)16-21/h7-8,16,20H,5-6,9-15,17H2,1-4H3. The highest BCUT2D eigenvalue weighted by molar-refractivity contribution is 5.98. The molecule has 0 radical (unpaired) electrons. The van der Waals surface area contributed by atoms with E-state index in [1.165, 1.54) is 18.4 Å². The Morgan fingerprint density at radius 1 is 1.11 bits per heavy atom. The van der Waals surface area contributed by atoms with Crippen molar-refractivity contribution < 1.29 is 9.59 Å².